The van der Waals surface area contributed by atoms with E-state index in [-0.39, 0.29) is 23.1 Å². The Hall–Kier alpha value is -1.56. The highest BCUT2D eigenvalue weighted by Crippen LogP contribution is 2.28. The second-order valence-electron chi connectivity index (χ2n) is 4.43. The van der Waals surface area contributed by atoms with E-state index >= 15 is 0 Å². The van der Waals surface area contributed by atoms with Gasteiger partial charge in [-0.15, -0.1) is 0 Å². The average molecular weight is 327 g/mol. The van der Waals surface area contributed by atoms with Crippen LogP contribution in [0.4, 0.5) is 0 Å². The summed E-state index contributed by atoms with van der Waals surface area (Å²) >= 11 is 3.19. The molecule has 2 rings (SSSR count). The number of carbonyl (C=O) groups is 2. The van der Waals surface area contributed by atoms with Crippen LogP contribution < -0.4 is 0 Å². The molecule has 0 atom stereocenters. The van der Waals surface area contributed by atoms with Crippen LogP contribution in [0.3, 0.4) is 0 Å². The molecule has 1 N–H and O–H groups in total. The fourth-order valence-corrected chi connectivity index (χ4v) is 2.45. The number of phenolic OH excluding ortho intramolecular Hbond substituents is 1. The number of hydrogen-bond acceptors (Lipinski definition) is 3. The van der Waals surface area contributed by atoms with Gasteiger partial charge in [0.1, 0.15) is 5.75 Å². The van der Waals surface area contributed by atoms with Gasteiger partial charge in [0.25, 0.3) is 5.91 Å². The van der Waals surface area contributed by atoms with Crippen molar-refractivity contribution in [3.63, 3.8) is 0 Å². The highest BCUT2D eigenvalue weighted by molar-refractivity contribution is 9.10. The number of rotatable bonds is 1. The van der Waals surface area contributed by atoms with Crippen molar-refractivity contribution in [2.24, 2.45) is 0 Å². The molecule has 19 heavy (non-hydrogen) atoms. The Balaban J connectivity index is 2.09. The molecule has 0 saturated carbocycles. The van der Waals surface area contributed by atoms with Crippen molar-refractivity contribution in [3.05, 3.63) is 28.2 Å². The first-order chi connectivity index (χ1) is 9.00. The van der Waals surface area contributed by atoms with Crippen molar-refractivity contribution in [1.82, 2.24) is 9.80 Å². The molecule has 0 radical (unpaired) electrons. The lowest BCUT2D eigenvalue weighted by Gasteiger charge is -2.34. The second-order valence-corrected chi connectivity index (χ2v) is 5.29. The molecule has 0 aromatic heterocycles. The topological polar surface area (TPSA) is 60.9 Å². The highest BCUT2D eigenvalue weighted by atomic mass is 79.9. The lowest BCUT2D eigenvalue weighted by atomic mass is 10.1. The van der Waals surface area contributed by atoms with Crippen LogP contribution in [0.2, 0.25) is 0 Å². The number of hydrogen-bond donors (Lipinski definition) is 1. The van der Waals surface area contributed by atoms with Crippen molar-refractivity contribution in [3.8, 4) is 5.75 Å². The Morgan fingerprint density at radius 2 is 1.74 bits per heavy atom. The molecule has 0 spiro atoms. The minimum atomic E-state index is -0.206. The Kier molecular flexibility index (Phi) is 4.09. The Morgan fingerprint density at radius 3 is 2.32 bits per heavy atom. The molecule has 1 heterocycles. The lowest BCUT2D eigenvalue weighted by molar-refractivity contribution is -0.130. The SMILES string of the molecule is CC(=O)N1CCN(C(=O)c2cccc(Br)c2O)CC1. The Bertz CT molecular complexity index is 511. The number of phenols is 1. The molecule has 1 aromatic rings. The molecular formula is C13H15BrN2O3. The van der Waals surface area contributed by atoms with Gasteiger partial charge in [-0.2, -0.15) is 0 Å². The maximum atomic E-state index is 12.3. The summed E-state index contributed by atoms with van der Waals surface area (Å²) in [5, 5.41) is 9.88. The summed E-state index contributed by atoms with van der Waals surface area (Å²) in [5.74, 6) is -0.221. The number of aromatic hydroxyl groups is 1. The van der Waals surface area contributed by atoms with Crippen LogP contribution in [-0.2, 0) is 4.79 Å². The normalized spacial score (nSPS) is 15.5. The van der Waals surface area contributed by atoms with Crippen LogP contribution in [0.15, 0.2) is 22.7 Å². The van der Waals surface area contributed by atoms with Crippen LogP contribution in [0.25, 0.3) is 0 Å². The molecule has 1 aliphatic rings. The van der Waals surface area contributed by atoms with Crippen molar-refractivity contribution >= 4 is 27.7 Å². The zero-order valence-electron chi connectivity index (χ0n) is 10.6. The highest BCUT2D eigenvalue weighted by Gasteiger charge is 2.25. The molecule has 2 amide bonds. The van der Waals surface area contributed by atoms with Crippen molar-refractivity contribution in [2.75, 3.05) is 26.2 Å². The molecular weight excluding hydrogens is 312 g/mol. The number of amides is 2. The van der Waals surface area contributed by atoms with E-state index in [0.717, 1.165) is 0 Å². The lowest BCUT2D eigenvalue weighted by Crippen LogP contribution is -2.50. The number of piperazine rings is 1. The summed E-state index contributed by atoms with van der Waals surface area (Å²) in [6.07, 6.45) is 0. The van der Waals surface area contributed by atoms with Gasteiger partial charge in [-0.25, -0.2) is 0 Å². The molecule has 102 valence electrons. The van der Waals surface area contributed by atoms with Crippen LogP contribution >= 0.6 is 15.9 Å². The number of benzene rings is 1. The number of carbonyl (C=O) groups excluding carboxylic acids is 2. The van der Waals surface area contributed by atoms with Gasteiger partial charge in [-0.3, -0.25) is 9.59 Å². The van der Waals surface area contributed by atoms with E-state index in [0.29, 0.717) is 30.7 Å². The van der Waals surface area contributed by atoms with E-state index in [4.69, 9.17) is 0 Å². The average Bonchev–Trinajstić information content (AvgIpc) is 2.41. The van der Waals surface area contributed by atoms with E-state index in [1.807, 2.05) is 0 Å². The van der Waals surface area contributed by atoms with E-state index in [9.17, 15) is 14.7 Å². The van der Waals surface area contributed by atoms with E-state index in [1.54, 1.807) is 28.0 Å². The summed E-state index contributed by atoms with van der Waals surface area (Å²) in [7, 11) is 0. The van der Waals surface area contributed by atoms with Gasteiger partial charge >= 0.3 is 0 Å². The van der Waals surface area contributed by atoms with Gasteiger partial charge in [-0.1, -0.05) is 6.07 Å². The fourth-order valence-electron chi connectivity index (χ4n) is 2.08. The minimum absolute atomic E-state index is 0.0254. The van der Waals surface area contributed by atoms with Gasteiger partial charge in [0.05, 0.1) is 10.0 Å². The molecule has 0 bridgehead atoms. The first kappa shape index (κ1) is 13.9. The molecule has 0 aliphatic carbocycles. The van der Waals surface area contributed by atoms with Gasteiger partial charge in [0, 0.05) is 33.1 Å². The second kappa shape index (κ2) is 5.61. The third-order valence-electron chi connectivity index (χ3n) is 3.23. The Morgan fingerprint density at radius 1 is 1.16 bits per heavy atom. The fraction of sp³-hybridized carbons (Fsp3) is 0.385. The molecule has 1 aromatic carbocycles. The van der Waals surface area contributed by atoms with Crippen molar-refractivity contribution in [2.45, 2.75) is 6.92 Å². The number of nitrogens with zero attached hydrogens (tertiary/aromatic N) is 2. The van der Waals surface area contributed by atoms with Crippen LogP contribution in [0.5, 0.6) is 5.75 Å². The third kappa shape index (κ3) is 2.89. The van der Waals surface area contributed by atoms with Gasteiger partial charge in [0.15, 0.2) is 0 Å². The quantitative estimate of drug-likeness (QED) is 0.849. The zero-order chi connectivity index (χ0) is 14.0. The van der Waals surface area contributed by atoms with E-state index in [1.165, 1.54) is 6.92 Å². The smallest absolute Gasteiger partial charge is 0.257 e. The largest absolute Gasteiger partial charge is 0.506 e. The van der Waals surface area contributed by atoms with Gasteiger partial charge in [-0.05, 0) is 28.1 Å². The summed E-state index contributed by atoms with van der Waals surface area (Å²) in [6.45, 7) is 3.58. The number of para-hydroxylation sites is 1. The summed E-state index contributed by atoms with van der Waals surface area (Å²) in [4.78, 5) is 26.9. The minimum Gasteiger partial charge on any atom is -0.506 e. The molecule has 1 fully saturated rings. The third-order valence-corrected chi connectivity index (χ3v) is 3.87. The van der Waals surface area contributed by atoms with Gasteiger partial charge < -0.3 is 14.9 Å². The molecule has 1 saturated heterocycles. The van der Waals surface area contributed by atoms with E-state index < -0.39 is 0 Å². The molecule has 1 aliphatic heterocycles. The summed E-state index contributed by atoms with van der Waals surface area (Å²) in [6, 6.07) is 4.99. The maximum absolute atomic E-state index is 12.3. The summed E-state index contributed by atoms with van der Waals surface area (Å²) in [5.41, 5.74) is 0.283. The molecule has 6 heteroatoms. The molecule has 0 unspecified atom stereocenters. The van der Waals surface area contributed by atoms with Crippen molar-refractivity contribution in [1.29, 1.82) is 0 Å². The predicted molar refractivity (Wildman–Crippen MR) is 74.0 cm³/mol. The Labute approximate surface area is 119 Å². The summed E-state index contributed by atoms with van der Waals surface area (Å²) < 4.78 is 0.501. The monoisotopic (exact) mass is 326 g/mol. The zero-order valence-corrected chi connectivity index (χ0v) is 12.2. The molecule has 5 nitrogen and oxygen atoms in total. The first-order valence-electron chi connectivity index (χ1n) is 6.03. The van der Waals surface area contributed by atoms with Crippen molar-refractivity contribution < 1.29 is 14.7 Å². The maximum Gasteiger partial charge on any atom is 0.257 e. The number of halogens is 1. The van der Waals surface area contributed by atoms with Gasteiger partial charge in [0.2, 0.25) is 5.91 Å². The standard InChI is InChI=1S/C13H15BrN2O3/c1-9(17)15-5-7-16(8-6-15)13(19)10-3-2-4-11(14)12(10)18/h2-4,18H,5-8H2,1H3. The van der Waals surface area contributed by atoms with Crippen LogP contribution in [0, 0.1) is 0 Å². The van der Waals surface area contributed by atoms with Crippen LogP contribution in [-0.4, -0.2) is 52.9 Å². The van der Waals surface area contributed by atoms with E-state index in [2.05, 4.69) is 15.9 Å². The first-order valence-corrected chi connectivity index (χ1v) is 6.82. The van der Waals surface area contributed by atoms with Crippen LogP contribution in [0.1, 0.15) is 17.3 Å². The predicted octanol–water partition coefficient (Wildman–Crippen LogP) is 1.46.